The van der Waals surface area contributed by atoms with Crippen LogP contribution in [0.15, 0.2) is 30.3 Å². The maximum Gasteiger partial charge on any atom is 0.322 e. The molecule has 0 spiro atoms. The zero-order valence-corrected chi connectivity index (χ0v) is 17.8. The van der Waals surface area contributed by atoms with Crippen molar-refractivity contribution in [1.82, 2.24) is 20.1 Å². The quantitative estimate of drug-likeness (QED) is 0.717. The van der Waals surface area contributed by atoms with Crippen molar-refractivity contribution in [3.63, 3.8) is 0 Å². The van der Waals surface area contributed by atoms with Crippen LogP contribution in [-0.4, -0.2) is 66.5 Å². The van der Waals surface area contributed by atoms with E-state index in [9.17, 15) is 14.0 Å². The number of hydrogen-bond acceptors (Lipinski definition) is 5. The minimum Gasteiger partial charge on any atom is -0.365 e. The molecule has 2 N–H and O–H groups in total. The highest BCUT2D eigenvalue weighted by Crippen LogP contribution is 2.26. The minimum atomic E-state index is -0.624. The van der Waals surface area contributed by atoms with Crippen molar-refractivity contribution < 1.29 is 14.0 Å². The molecule has 9 heteroatoms. The number of amides is 3. The van der Waals surface area contributed by atoms with Crippen LogP contribution in [0.3, 0.4) is 0 Å². The second-order valence-corrected chi connectivity index (χ2v) is 7.78. The first-order valence-corrected chi connectivity index (χ1v) is 10.5. The van der Waals surface area contributed by atoms with Crippen molar-refractivity contribution in [2.75, 3.05) is 50.0 Å². The fourth-order valence-corrected chi connectivity index (χ4v) is 4.03. The number of nitrogens with one attached hydrogen (secondary N) is 2. The summed E-state index contributed by atoms with van der Waals surface area (Å²) >= 11 is 0. The van der Waals surface area contributed by atoms with Crippen molar-refractivity contribution in [2.45, 2.75) is 20.0 Å². The van der Waals surface area contributed by atoms with E-state index in [0.29, 0.717) is 31.9 Å². The van der Waals surface area contributed by atoms with Crippen molar-refractivity contribution in [3.8, 4) is 0 Å². The Morgan fingerprint density at radius 1 is 1.19 bits per heavy atom. The molecule has 0 unspecified atom stereocenters. The number of nitrogens with zero attached hydrogens (tertiary/aromatic N) is 4. The van der Waals surface area contributed by atoms with Gasteiger partial charge in [0.1, 0.15) is 5.69 Å². The summed E-state index contributed by atoms with van der Waals surface area (Å²) in [6.45, 7) is 6.96. The number of pyridine rings is 1. The zero-order chi connectivity index (χ0) is 22.0. The van der Waals surface area contributed by atoms with E-state index in [-0.39, 0.29) is 11.7 Å². The van der Waals surface area contributed by atoms with Crippen LogP contribution in [0.25, 0.3) is 0 Å². The highest BCUT2D eigenvalue weighted by atomic mass is 19.1. The lowest BCUT2D eigenvalue weighted by Gasteiger charge is -2.36. The lowest BCUT2D eigenvalue weighted by atomic mass is 10.1. The molecule has 1 saturated heterocycles. The molecular weight excluding hydrogens is 399 g/mol. The number of carbonyl (C=O) groups is 2. The standard InChI is InChI=1S/C22H27FN6O2/c1-3-28-14-16-5-4-15(12-18(16)26-22(28)31)13-27-8-10-29(11-9-27)19-7-6-17(21(30)24-2)25-20(19)23/h4-7,12H,3,8-11,13-14H2,1-2H3,(H,24,30)(H,26,31). The molecule has 2 aliphatic rings. The number of carbonyl (C=O) groups excluding carboxylic acids is 2. The Labute approximate surface area is 181 Å². The second-order valence-electron chi connectivity index (χ2n) is 7.78. The first-order chi connectivity index (χ1) is 15.0. The van der Waals surface area contributed by atoms with Crippen LogP contribution >= 0.6 is 0 Å². The topological polar surface area (TPSA) is 80.8 Å². The third kappa shape index (κ3) is 4.46. The maximum atomic E-state index is 14.4. The molecule has 8 nitrogen and oxygen atoms in total. The van der Waals surface area contributed by atoms with E-state index >= 15 is 0 Å². The molecule has 0 saturated carbocycles. The van der Waals surface area contributed by atoms with Crippen LogP contribution in [0.5, 0.6) is 0 Å². The summed E-state index contributed by atoms with van der Waals surface area (Å²) < 4.78 is 14.4. The van der Waals surface area contributed by atoms with Crippen LogP contribution < -0.4 is 15.5 Å². The molecule has 0 radical (unpaired) electrons. The number of hydrogen-bond donors (Lipinski definition) is 2. The van der Waals surface area contributed by atoms with Crippen LogP contribution in [0.2, 0.25) is 0 Å². The van der Waals surface area contributed by atoms with Crippen molar-refractivity contribution in [2.24, 2.45) is 0 Å². The molecule has 2 aliphatic heterocycles. The average molecular weight is 426 g/mol. The number of piperazine rings is 1. The van der Waals surface area contributed by atoms with Gasteiger partial charge in [-0.25, -0.2) is 9.78 Å². The largest absolute Gasteiger partial charge is 0.365 e. The van der Waals surface area contributed by atoms with Gasteiger partial charge < -0.3 is 20.4 Å². The normalized spacial score (nSPS) is 16.7. The van der Waals surface area contributed by atoms with Gasteiger partial charge in [-0.15, -0.1) is 0 Å². The van der Waals surface area contributed by atoms with Gasteiger partial charge in [-0.1, -0.05) is 12.1 Å². The third-order valence-corrected chi connectivity index (χ3v) is 5.85. The fourth-order valence-electron chi connectivity index (χ4n) is 4.03. The summed E-state index contributed by atoms with van der Waals surface area (Å²) in [6.07, 6.45) is 0. The first-order valence-electron chi connectivity index (χ1n) is 10.5. The van der Waals surface area contributed by atoms with Gasteiger partial charge in [0.05, 0.1) is 5.69 Å². The van der Waals surface area contributed by atoms with E-state index in [1.54, 1.807) is 17.0 Å². The summed E-state index contributed by atoms with van der Waals surface area (Å²) in [5, 5.41) is 5.42. The van der Waals surface area contributed by atoms with Gasteiger partial charge in [0.25, 0.3) is 5.91 Å². The van der Waals surface area contributed by atoms with E-state index in [1.807, 2.05) is 17.9 Å². The minimum absolute atomic E-state index is 0.0566. The summed E-state index contributed by atoms with van der Waals surface area (Å²) in [5.41, 5.74) is 3.64. The molecule has 1 aromatic carbocycles. The van der Waals surface area contributed by atoms with E-state index in [0.717, 1.165) is 36.4 Å². The van der Waals surface area contributed by atoms with Crippen molar-refractivity contribution in [3.05, 3.63) is 53.1 Å². The molecule has 1 fully saturated rings. The first kappa shape index (κ1) is 21.0. The van der Waals surface area contributed by atoms with Gasteiger partial charge >= 0.3 is 6.03 Å². The average Bonchev–Trinajstić information content (AvgIpc) is 2.78. The molecule has 0 bridgehead atoms. The molecule has 3 amide bonds. The maximum absolute atomic E-state index is 14.4. The van der Waals surface area contributed by atoms with Crippen LogP contribution in [0.1, 0.15) is 28.5 Å². The van der Waals surface area contributed by atoms with Crippen molar-refractivity contribution in [1.29, 1.82) is 0 Å². The Balaban J connectivity index is 1.36. The van der Waals surface area contributed by atoms with Crippen LogP contribution in [0.4, 0.5) is 20.6 Å². The molecule has 0 aliphatic carbocycles. The van der Waals surface area contributed by atoms with Crippen LogP contribution in [0, 0.1) is 5.95 Å². The molecule has 164 valence electrons. The van der Waals surface area contributed by atoms with Gasteiger partial charge in [0.2, 0.25) is 5.95 Å². The molecule has 4 rings (SSSR count). The monoisotopic (exact) mass is 426 g/mol. The highest BCUT2D eigenvalue weighted by Gasteiger charge is 2.23. The Morgan fingerprint density at radius 3 is 2.65 bits per heavy atom. The number of halogens is 1. The zero-order valence-electron chi connectivity index (χ0n) is 17.8. The lowest BCUT2D eigenvalue weighted by Crippen LogP contribution is -2.46. The number of rotatable bonds is 5. The number of benzene rings is 1. The Morgan fingerprint density at radius 2 is 1.97 bits per heavy atom. The summed E-state index contributed by atoms with van der Waals surface area (Å²) in [6, 6.07) is 9.35. The fraction of sp³-hybridized carbons (Fsp3) is 0.409. The molecule has 0 atom stereocenters. The van der Waals surface area contributed by atoms with E-state index < -0.39 is 11.9 Å². The lowest BCUT2D eigenvalue weighted by molar-refractivity contribution is 0.0957. The Kier molecular flexibility index (Phi) is 6.03. The number of fused-ring (bicyclic) bond motifs is 1. The molecule has 3 heterocycles. The Hall–Kier alpha value is -3.20. The van der Waals surface area contributed by atoms with E-state index in [2.05, 4.69) is 32.7 Å². The summed E-state index contributed by atoms with van der Waals surface area (Å²) in [7, 11) is 1.49. The molecule has 31 heavy (non-hydrogen) atoms. The number of urea groups is 1. The van der Waals surface area contributed by atoms with Gasteiger partial charge in [0.15, 0.2) is 0 Å². The SMILES string of the molecule is CCN1Cc2ccc(CN3CCN(c4ccc(C(=O)NC)nc4F)CC3)cc2NC1=O. The highest BCUT2D eigenvalue weighted by molar-refractivity contribution is 5.92. The summed E-state index contributed by atoms with van der Waals surface area (Å²) in [4.78, 5) is 33.6. The number of aromatic nitrogens is 1. The van der Waals surface area contributed by atoms with E-state index in [4.69, 9.17) is 0 Å². The Bertz CT molecular complexity index is 990. The van der Waals surface area contributed by atoms with Gasteiger partial charge in [0, 0.05) is 58.5 Å². The van der Waals surface area contributed by atoms with Gasteiger partial charge in [-0.3, -0.25) is 9.69 Å². The van der Waals surface area contributed by atoms with E-state index in [1.165, 1.54) is 7.05 Å². The van der Waals surface area contributed by atoms with Crippen molar-refractivity contribution >= 4 is 23.3 Å². The molecule has 1 aromatic heterocycles. The molecular formula is C22H27FN6O2. The smallest absolute Gasteiger partial charge is 0.322 e. The second kappa shape index (κ2) is 8.89. The van der Waals surface area contributed by atoms with Gasteiger partial charge in [-0.05, 0) is 36.2 Å². The third-order valence-electron chi connectivity index (χ3n) is 5.85. The number of anilines is 2. The predicted molar refractivity (Wildman–Crippen MR) is 117 cm³/mol. The molecule has 2 aromatic rings. The van der Waals surface area contributed by atoms with Gasteiger partial charge in [-0.2, -0.15) is 4.39 Å². The predicted octanol–water partition coefficient (Wildman–Crippen LogP) is 2.27. The van der Waals surface area contributed by atoms with Crippen LogP contribution in [-0.2, 0) is 13.1 Å². The summed E-state index contributed by atoms with van der Waals surface area (Å²) in [5.74, 6) is -1.03.